The van der Waals surface area contributed by atoms with Gasteiger partial charge in [0.05, 0.1) is 7.05 Å². The minimum atomic E-state index is -0.483. The summed E-state index contributed by atoms with van der Waals surface area (Å²) in [4.78, 5) is 24.8. The fourth-order valence-corrected chi connectivity index (χ4v) is 2.99. The van der Waals surface area contributed by atoms with Crippen LogP contribution in [-0.4, -0.2) is 38.8 Å². The minimum Gasteiger partial charge on any atom is -0.358 e. The molecule has 1 aromatic heterocycles. The Kier molecular flexibility index (Phi) is 4.65. The number of nitro groups is 1. The number of alkyl halides is 1. The van der Waals surface area contributed by atoms with E-state index in [9.17, 15) is 14.9 Å². The quantitative estimate of drug-likeness (QED) is 0.487. The number of carbonyl (C=O) groups excluding carboxylic acids is 1. The lowest BCUT2D eigenvalue weighted by molar-refractivity contribution is -0.391. The normalized spacial score (nSPS) is 19.1. The summed E-state index contributed by atoms with van der Waals surface area (Å²) in [6, 6.07) is 3.03. The number of piperidine rings is 1. The summed E-state index contributed by atoms with van der Waals surface area (Å²) in [5, 5.41) is 10.8. The Morgan fingerprint density at radius 3 is 2.85 bits per heavy atom. The molecule has 1 atom stereocenters. The summed E-state index contributed by atoms with van der Waals surface area (Å²) in [7, 11) is 1.55. The first-order chi connectivity index (χ1) is 9.56. The minimum absolute atomic E-state index is 0.0701. The molecule has 0 radical (unpaired) electrons. The number of amides is 1. The molecule has 1 aromatic rings. The van der Waals surface area contributed by atoms with Crippen LogP contribution in [-0.2, 0) is 7.05 Å². The maximum absolute atomic E-state index is 12.6. The van der Waals surface area contributed by atoms with Crippen LogP contribution in [0.2, 0.25) is 0 Å². The zero-order chi connectivity index (χ0) is 14.7. The van der Waals surface area contributed by atoms with Crippen molar-refractivity contribution in [2.75, 3.05) is 12.4 Å². The molecule has 0 aliphatic carbocycles. The highest BCUT2D eigenvalue weighted by molar-refractivity contribution is 6.17. The van der Waals surface area contributed by atoms with Gasteiger partial charge in [-0.3, -0.25) is 4.79 Å². The summed E-state index contributed by atoms with van der Waals surface area (Å²) >= 11 is 5.80. The highest BCUT2D eigenvalue weighted by Gasteiger charge is 2.31. The van der Waals surface area contributed by atoms with E-state index in [0.717, 1.165) is 25.7 Å². The first-order valence-electron chi connectivity index (χ1n) is 6.73. The Hall–Kier alpha value is -1.56. The molecule has 0 aromatic carbocycles. The lowest BCUT2D eigenvalue weighted by Gasteiger charge is -2.35. The van der Waals surface area contributed by atoms with E-state index in [-0.39, 0.29) is 17.8 Å². The number of halogens is 1. The van der Waals surface area contributed by atoms with Crippen molar-refractivity contribution in [2.45, 2.75) is 31.7 Å². The molecule has 1 amide bonds. The van der Waals surface area contributed by atoms with Gasteiger partial charge in [0.25, 0.3) is 5.91 Å². The molecule has 1 aliphatic heterocycles. The predicted octanol–water partition coefficient (Wildman–Crippen LogP) is 2.56. The number of carbonyl (C=O) groups is 1. The first kappa shape index (κ1) is 14.8. The lowest BCUT2D eigenvalue weighted by Crippen LogP contribution is -2.44. The Labute approximate surface area is 122 Å². The monoisotopic (exact) mass is 299 g/mol. The predicted molar refractivity (Wildman–Crippen MR) is 76.1 cm³/mol. The van der Waals surface area contributed by atoms with Gasteiger partial charge in [-0.2, -0.15) is 0 Å². The molecule has 0 saturated carbocycles. The van der Waals surface area contributed by atoms with E-state index in [2.05, 4.69) is 0 Å². The van der Waals surface area contributed by atoms with Crippen molar-refractivity contribution in [2.24, 2.45) is 7.05 Å². The topological polar surface area (TPSA) is 68.4 Å². The third-order valence-corrected chi connectivity index (χ3v) is 4.05. The molecule has 7 heteroatoms. The highest BCUT2D eigenvalue weighted by Crippen LogP contribution is 2.24. The van der Waals surface area contributed by atoms with E-state index in [1.54, 1.807) is 7.05 Å². The molecule has 6 nitrogen and oxygen atoms in total. The van der Waals surface area contributed by atoms with E-state index in [1.165, 1.54) is 16.7 Å². The third kappa shape index (κ3) is 2.80. The Bertz CT molecular complexity index is 513. The van der Waals surface area contributed by atoms with Crippen LogP contribution in [0.5, 0.6) is 0 Å². The average Bonchev–Trinajstić information content (AvgIpc) is 2.81. The summed E-state index contributed by atoms with van der Waals surface area (Å²) in [6.07, 6.45) is 3.78. The molecule has 110 valence electrons. The number of likely N-dealkylation sites (tertiary alicyclic amines) is 1. The van der Waals surface area contributed by atoms with Crippen molar-refractivity contribution in [1.29, 1.82) is 0 Å². The SMILES string of the molecule is Cn1c(C(=O)N2CCCCC2CCCl)ccc1[N+](=O)[O-]. The molecule has 2 rings (SSSR count). The third-order valence-electron chi connectivity index (χ3n) is 3.83. The molecule has 0 N–H and O–H groups in total. The molecule has 1 saturated heterocycles. The van der Waals surface area contributed by atoms with E-state index < -0.39 is 4.92 Å². The van der Waals surface area contributed by atoms with Crippen LogP contribution < -0.4 is 0 Å². The van der Waals surface area contributed by atoms with Crippen LogP contribution in [0, 0.1) is 10.1 Å². The Morgan fingerprint density at radius 2 is 2.25 bits per heavy atom. The van der Waals surface area contributed by atoms with Gasteiger partial charge in [-0.05, 0) is 36.7 Å². The van der Waals surface area contributed by atoms with Crippen LogP contribution >= 0.6 is 11.6 Å². The summed E-state index contributed by atoms with van der Waals surface area (Å²) in [5.41, 5.74) is 0.359. The van der Waals surface area contributed by atoms with Gasteiger partial charge in [0.15, 0.2) is 5.69 Å². The van der Waals surface area contributed by atoms with Gasteiger partial charge in [0.1, 0.15) is 0 Å². The van der Waals surface area contributed by atoms with E-state index in [1.807, 2.05) is 4.90 Å². The summed E-state index contributed by atoms with van der Waals surface area (Å²) in [6.45, 7) is 0.694. The molecule has 1 unspecified atom stereocenters. The average molecular weight is 300 g/mol. The van der Waals surface area contributed by atoms with Gasteiger partial charge < -0.3 is 15.0 Å². The van der Waals surface area contributed by atoms with E-state index in [4.69, 9.17) is 11.6 Å². The van der Waals surface area contributed by atoms with Crippen LogP contribution in [0.4, 0.5) is 5.82 Å². The zero-order valence-corrected chi connectivity index (χ0v) is 12.2. The molecule has 0 bridgehead atoms. The fourth-order valence-electron chi connectivity index (χ4n) is 2.74. The Morgan fingerprint density at radius 1 is 1.50 bits per heavy atom. The van der Waals surface area contributed by atoms with Gasteiger partial charge in [0.2, 0.25) is 0 Å². The zero-order valence-electron chi connectivity index (χ0n) is 11.4. The number of rotatable bonds is 4. The van der Waals surface area contributed by atoms with Gasteiger partial charge in [-0.1, -0.05) is 0 Å². The standard InChI is InChI=1S/C13H18ClN3O3/c1-15-11(5-6-12(15)17(19)20)13(18)16-9-3-2-4-10(16)7-8-14/h5-6,10H,2-4,7-9H2,1H3. The largest absolute Gasteiger partial charge is 0.358 e. The molecule has 0 spiro atoms. The fraction of sp³-hybridized carbons (Fsp3) is 0.615. The maximum atomic E-state index is 12.6. The van der Waals surface area contributed by atoms with Crippen LogP contribution in [0.15, 0.2) is 12.1 Å². The van der Waals surface area contributed by atoms with Gasteiger partial charge in [0, 0.05) is 24.5 Å². The van der Waals surface area contributed by atoms with Crippen LogP contribution in [0.3, 0.4) is 0 Å². The van der Waals surface area contributed by atoms with Gasteiger partial charge >= 0.3 is 5.82 Å². The van der Waals surface area contributed by atoms with Crippen molar-refractivity contribution < 1.29 is 9.72 Å². The molecular weight excluding hydrogens is 282 g/mol. The molecular formula is C13H18ClN3O3. The lowest BCUT2D eigenvalue weighted by atomic mass is 9.99. The van der Waals surface area contributed by atoms with Crippen LogP contribution in [0.1, 0.15) is 36.2 Å². The number of hydrogen-bond acceptors (Lipinski definition) is 3. The van der Waals surface area contributed by atoms with Crippen LogP contribution in [0.25, 0.3) is 0 Å². The highest BCUT2D eigenvalue weighted by atomic mass is 35.5. The molecule has 1 aliphatic rings. The first-order valence-corrected chi connectivity index (χ1v) is 7.26. The molecule has 2 heterocycles. The molecule has 20 heavy (non-hydrogen) atoms. The molecule has 1 fully saturated rings. The van der Waals surface area contributed by atoms with E-state index >= 15 is 0 Å². The van der Waals surface area contributed by atoms with E-state index in [0.29, 0.717) is 18.1 Å². The number of aromatic nitrogens is 1. The van der Waals surface area contributed by atoms with Gasteiger partial charge in [-0.25, -0.2) is 4.57 Å². The summed E-state index contributed by atoms with van der Waals surface area (Å²) in [5.74, 6) is 0.302. The van der Waals surface area contributed by atoms with Crippen molar-refractivity contribution in [1.82, 2.24) is 9.47 Å². The number of hydrogen-bond donors (Lipinski definition) is 0. The maximum Gasteiger partial charge on any atom is 0.323 e. The second kappa shape index (κ2) is 6.26. The smallest absolute Gasteiger partial charge is 0.323 e. The van der Waals surface area contributed by atoms with Crippen molar-refractivity contribution in [3.8, 4) is 0 Å². The van der Waals surface area contributed by atoms with Crippen molar-refractivity contribution in [3.63, 3.8) is 0 Å². The summed E-state index contributed by atoms with van der Waals surface area (Å²) < 4.78 is 1.34. The van der Waals surface area contributed by atoms with Gasteiger partial charge in [-0.15, -0.1) is 11.6 Å². The second-order valence-corrected chi connectivity index (χ2v) is 5.40. The number of nitrogens with zero attached hydrogens (tertiary/aromatic N) is 3. The van der Waals surface area contributed by atoms with Crippen molar-refractivity contribution >= 4 is 23.3 Å². The Balaban J connectivity index is 2.23. The van der Waals surface area contributed by atoms with Crippen molar-refractivity contribution in [3.05, 3.63) is 27.9 Å². The second-order valence-electron chi connectivity index (χ2n) is 5.02.